The number of nitrogens with zero attached hydrogens (tertiary/aromatic N) is 3. The number of hydrogen-bond donors (Lipinski definition) is 0. The van der Waals surface area contributed by atoms with Crippen molar-refractivity contribution in [3.05, 3.63) is 53.6 Å². The fourth-order valence-electron chi connectivity index (χ4n) is 2.25. The summed E-state index contributed by atoms with van der Waals surface area (Å²) in [6.07, 6.45) is 2.13. The summed E-state index contributed by atoms with van der Waals surface area (Å²) in [5.41, 5.74) is 1.09. The van der Waals surface area contributed by atoms with Gasteiger partial charge in [0.05, 0.1) is 10.6 Å². The minimum Gasteiger partial charge on any atom is -0.224 e. The largest absolute Gasteiger partial charge is 0.267 e. The summed E-state index contributed by atoms with van der Waals surface area (Å²) < 4.78 is 48.3. The molecule has 3 aromatic rings. The molecular formula is C16H14ClN3O4S2. The van der Waals surface area contributed by atoms with Crippen molar-refractivity contribution in [1.29, 1.82) is 0 Å². The van der Waals surface area contributed by atoms with Crippen molar-refractivity contribution < 1.29 is 16.8 Å². The molecule has 7 nitrogen and oxygen atoms in total. The van der Waals surface area contributed by atoms with Crippen LogP contribution >= 0.6 is 11.6 Å². The van der Waals surface area contributed by atoms with E-state index in [0.29, 0.717) is 16.3 Å². The third kappa shape index (κ3) is 3.79. The summed E-state index contributed by atoms with van der Waals surface area (Å²) in [5, 5.41) is 4.29. The molecule has 0 fully saturated rings. The molecule has 26 heavy (non-hydrogen) atoms. The van der Waals surface area contributed by atoms with Crippen LogP contribution in [0.25, 0.3) is 17.1 Å². The average molecular weight is 412 g/mol. The predicted octanol–water partition coefficient (Wildman–Crippen LogP) is 2.39. The summed E-state index contributed by atoms with van der Waals surface area (Å²) in [4.78, 5) is 4.28. The first-order chi connectivity index (χ1) is 12.1. The van der Waals surface area contributed by atoms with Gasteiger partial charge in [0.25, 0.3) is 5.16 Å². The van der Waals surface area contributed by atoms with Crippen LogP contribution in [0.15, 0.2) is 58.6 Å². The molecule has 2 aromatic carbocycles. The molecule has 3 rings (SSSR count). The Balaban J connectivity index is 2.19. The number of hydrogen-bond acceptors (Lipinski definition) is 6. The highest BCUT2D eigenvalue weighted by atomic mass is 35.5. The van der Waals surface area contributed by atoms with Crippen LogP contribution in [0.2, 0.25) is 5.02 Å². The number of rotatable bonds is 4. The monoisotopic (exact) mass is 411 g/mol. The Labute approximate surface area is 156 Å². The van der Waals surface area contributed by atoms with Gasteiger partial charge < -0.3 is 0 Å². The minimum atomic E-state index is -3.63. The van der Waals surface area contributed by atoms with Crippen molar-refractivity contribution in [3.63, 3.8) is 0 Å². The second-order valence-corrected chi connectivity index (χ2v) is 10.0. The van der Waals surface area contributed by atoms with E-state index in [9.17, 15) is 16.8 Å². The highest BCUT2D eigenvalue weighted by molar-refractivity contribution is 7.90. The highest BCUT2D eigenvalue weighted by Crippen LogP contribution is 2.25. The van der Waals surface area contributed by atoms with Gasteiger partial charge in [0.15, 0.2) is 15.7 Å². The van der Waals surface area contributed by atoms with Crippen LogP contribution in [0.1, 0.15) is 0 Å². The van der Waals surface area contributed by atoms with Crippen LogP contribution in [0.4, 0.5) is 0 Å². The Morgan fingerprint density at radius 3 is 1.92 bits per heavy atom. The Hall–Kier alpha value is -2.23. The van der Waals surface area contributed by atoms with Crippen molar-refractivity contribution in [3.8, 4) is 17.1 Å². The zero-order chi connectivity index (χ0) is 19.1. The predicted molar refractivity (Wildman–Crippen MR) is 98.0 cm³/mol. The first-order valence-corrected chi connectivity index (χ1v) is 11.5. The number of sulfone groups is 2. The Kier molecular flexibility index (Phi) is 4.63. The van der Waals surface area contributed by atoms with Crippen LogP contribution < -0.4 is 0 Å². The van der Waals surface area contributed by atoms with Crippen molar-refractivity contribution in [2.24, 2.45) is 0 Å². The van der Waals surface area contributed by atoms with Crippen molar-refractivity contribution in [1.82, 2.24) is 14.8 Å². The third-order valence-electron chi connectivity index (χ3n) is 3.53. The molecule has 0 bridgehead atoms. The molecule has 10 heteroatoms. The van der Waals surface area contributed by atoms with Crippen molar-refractivity contribution >= 4 is 31.3 Å². The van der Waals surface area contributed by atoms with E-state index >= 15 is 0 Å². The SMILES string of the molecule is CS(=O)(=O)c1ccc(-c2nc(S(C)(=O)=O)nn2-c2ccc(Cl)cc2)cc1. The highest BCUT2D eigenvalue weighted by Gasteiger charge is 2.20. The average Bonchev–Trinajstić information content (AvgIpc) is 3.00. The number of aromatic nitrogens is 3. The van der Waals surface area contributed by atoms with Gasteiger partial charge in [0, 0.05) is 23.1 Å². The summed E-state index contributed by atoms with van der Waals surface area (Å²) in [7, 11) is -6.97. The molecule has 0 amide bonds. The zero-order valence-electron chi connectivity index (χ0n) is 13.8. The van der Waals surface area contributed by atoms with E-state index in [1.54, 1.807) is 36.4 Å². The van der Waals surface area contributed by atoms with Crippen LogP contribution in [0, 0.1) is 0 Å². The molecule has 0 radical (unpaired) electrons. The minimum absolute atomic E-state index is 0.155. The lowest BCUT2D eigenvalue weighted by molar-refractivity contribution is 0.592. The summed E-state index contributed by atoms with van der Waals surface area (Å²) >= 11 is 5.90. The Morgan fingerprint density at radius 2 is 1.42 bits per heavy atom. The third-order valence-corrected chi connectivity index (χ3v) is 5.75. The molecule has 0 N–H and O–H groups in total. The molecular weight excluding hydrogens is 398 g/mol. The fourth-order valence-corrected chi connectivity index (χ4v) is 3.49. The van der Waals surface area contributed by atoms with E-state index in [2.05, 4.69) is 10.1 Å². The standard InChI is InChI=1S/C16H14ClN3O4S2/c1-25(21,22)14-9-3-11(4-10-14)15-18-16(26(2,23)24)19-20(15)13-7-5-12(17)6-8-13/h3-10H,1-2H3. The second kappa shape index (κ2) is 6.49. The van der Waals surface area contributed by atoms with Gasteiger partial charge in [-0.1, -0.05) is 11.6 Å². The lowest BCUT2D eigenvalue weighted by Gasteiger charge is -2.06. The molecule has 0 aliphatic rings. The molecule has 0 atom stereocenters. The maximum absolute atomic E-state index is 11.9. The zero-order valence-corrected chi connectivity index (χ0v) is 16.2. The van der Waals surface area contributed by atoms with Crippen LogP contribution in [-0.2, 0) is 19.7 Å². The van der Waals surface area contributed by atoms with E-state index < -0.39 is 19.7 Å². The first kappa shape index (κ1) is 18.6. The molecule has 136 valence electrons. The van der Waals surface area contributed by atoms with E-state index in [1.165, 1.54) is 16.8 Å². The lowest BCUT2D eigenvalue weighted by atomic mass is 10.2. The molecule has 0 aliphatic carbocycles. The number of halogens is 1. The van der Waals surface area contributed by atoms with Gasteiger partial charge in [0.2, 0.25) is 9.84 Å². The van der Waals surface area contributed by atoms with Crippen molar-refractivity contribution in [2.45, 2.75) is 10.1 Å². The van der Waals surface area contributed by atoms with Crippen molar-refractivity contribution in [2.75, 3.05) is 12.5 Å². The Morgan fingerprint density at radius 1 is 0.846 bits per heavy atom. The van der Waals surface area contributed by atoms with E-state index in [4.69, 9.17) is 11.6 Å². The van der Waals surface area contributed by atoms with Crippen LogP contribution in [0.3, 0.4) is 0 Å². The topological polar surface area (TPSA) is 99.0 Å². The van der Waals surface area contributed by atoms with Gasteiger partial charge in [-0.25, -0.2) is 21.5 Å². The Bertz CT molecular complexity index is 1170. The van der Waals surface area contributed by atoms with E-state index in [-0.39, 0.29) is 15.9 Å². The molecule has 0 aliphatic heterocycles. The van der Waals surface area contributed by atoms with E-state index in [0.717, 1.165) is 12.5 Å². The van der Waals surface area contributed by atoms with Crippen LogP contribution in [-0.4, -0.2) is 44.1 Å². The van der Waals surface area contributed by atoms with Gasteiger partial charge >= 0.3 is 0 Å². The molecule has 0 spiro atoms. The van der Waals surface area contributed by atoms with Gasteiger partial charge in [-0.05, 0) is 48.5 Å². The normalized spacial score (nSPS) is 12.3. The molecule has 1 heterocycles. The maximum Gasteiger partial charge on any atom is 0.267 e. The molecule has 1 aromatic heterocycles. The lowest BCUT2D eigenvalue weighted by Crippen LogP contribution is -2.02. The van der Waals surface area contributed by atoms with Crippen LogP contribution in [0.5, 0.6) is 0 Å². The van der Waals surface area contributed by atoms with E-state index in [1.807, 2.05) is 0 Å². The van der Waals surface area contributed by atoms with Gasteiger partial charge in [-0.15, -0.1) is 5.10 Å². The fraction of sp³-hybridized carbons (Fsp3) is 0.125. The summed E-state index contributed by atoms with van der Waals surface area (Å²) in [6.45, 7) is 0. The van der Waals surface area contributed by atoms with Gasteiger partial charge in [0.1, 0.15) is 0 Å². The molecule has 0 unspecified atom stereocenters. The number of benzene rings is 2. The quantitative estimate of drug-likeness (QED) is 0.653. The molecule has 0 saturated heterocycles. The second-order valence-electron chi connectivity index (χ2n) is 5.67. The molecule has 0 saturated carbocycles. The van der Waals surface area contributed by atoms with Gasteiger partial charge in [-0.2, -0.15) is 4.98 Å². The smallest absolute Gasteiger partial charge is 0.224 e. The van der Waals surface area contributed by atoms with Gasteiger partial charge in [-0.3, -0.25) is 0 Å². The maximum atomic E-state index is 11.9. The first-order valence-electron chi connectivity index (χ1n) is 7.29. The summed E-state index contributed by atoms with van der Waals surface area (Å²) in [6, 6.07) is 12.6. The summed E-state index contributed by atoms with van der Waals surface area (Å²) in [5.74, 6) is 0.271.